The number of aliphatic carboxylic acids is 1. The van der Waals surface area contributed by atoms with Gasteiger partial charge in [-0.3, -0.25) is 0 Å². The van der Waals surface area contributed by atoms with Crippen molar-refractivity contribution in [2.75, 3.05) is 33.0 Å². The van der Waals surface area contributed by atoms with Gasteiger partial charge < -0.3 is 119 Å². The van der Waals surface area contributed by atoms with Crippen LogP contribution in [0, 0.1) is 50.2 Å². The quantitative estimate of drug-likeness (QED) is 0.0352. The molecule has 9 aliphatic rings. The maximum Gasteiger partial charge on any atom is 0.335 e. The normalized spacial score (nSPS) is 52.2. The fourth-order valence-corrected chi connectivity index (χ4v) is 17.0. The molecule has 15 N–H and O–H groups in total. The van der Waals surface area contributed by atoms with Gasteiger partial charge in [0, 0.05) is 11.0 Å². The van der Waals surface area contributed by atoms with Crippen molar-refractivity contribution in [2.45, 2.75) is 242 Å². The first kappa shape index (κ1) is 66.0. The molecular weight excluding hydrogens is 1110 g/mol. The van der Waals surface area contributed by atoms with Crippen molar-refractivity contribution >= 4 is 11.9 Å². The molecule has 4 saturated carbocycles. The number of allylic oxidation sites excluding steroid dienone is 3. The SMILES string of the molecule is C/C=C(\C)C(=O)OC[C@@]12[C@H](O)C[C@]3(C)C(=CC[C@@H]4[C@@]5(C)CC[C@H](O[C@@H]6O[C@H](C(=O)O)[C@@H](O)[C@H](O[C@@H]7OC[C@H](O)[C@H](O)[C@H]7OC7OC(CO)C(O)C(O)C7O)[C@H]6O[C@@H]6O[C@H](CO)[C@H](O)[C@H](O)[C@H]6O)[C@@](C)(CO)[C@@H]5CC[C@]43C)[C@@H]1CC(C)(C)C[C@@H]2O. The second kappa shape index (κ2) is 24.4. The Labute approximate surface area is 487 Å². The number of hydrogen-bond acceptors (Lipinski definition) is 25. The summed E-state index contributed by atoms with van der Waals surface area (Å²) in [7, 11) is 0. The molecule has 26 nitrogen and oxygen atoms in total. The topological polar surface area (TPSA) is 421 Å². The molecule has 0 aromatic rings. The van der Waals surface area contributed by atoms with Gasteiger partial charge in [-0.2, -0.15) is 0 Å². The molecule has 4 aliphatic heterocycles. The maximum absolute atomic E-state index is 13.2. The van der Waals surface area contributed by atoms with Crippen LogP contribution in [0.2, 0.25) is 0 Å². The maximum atomic E-state index is 13.2. The third kappa shape index (κ3) is 10.9. The highest BCUT2D eigenvalue weighted by atomic mass is 16.8. The monoisotopic (exact) mass is 1200 g/mol. The third-order valence-electron chi connectivity index (χ3n) is 22.2. The highest BCUT2D eigenvalue weighted by Gasteiger charge is 2.72. The Morgan fingerprint density at radius 1 is 0.643 bits per heavy atom. The number of esters is 1. The Morgan fingerprint density at radius 2 is 1.23 bits per heavy atom. The zero-order valence-corrected chi connectivity index (χ0v) is 49.0. The molecule has 5 unspecified atom stereocenters. The largest absolute Gasteiger partial charge is 0.479 e. The highest BCUT2D eigenvalue weighted by Crippen LogP contribution is 2.76. The first-order valence-corrected chi connectivity index (χ1v) is 29.6. The Kier molecular flexibility index (Phi) is 19.2. The molecule has 9 rings (SSSR count). The molecule has 8 fully saturated rings. The number of carbonyl (C=O) groups excluding carboxylic acids is 1. The van der Waals surface area contributed by atoms with Crippen LogP contribution >= 0.6 is 0 Å². The second-order valence-electron chi connectivity index (χ2n) is 27.4. The van der Waals surface area contributed by atoms with Crippen LogP contribution in [0.25, 0.3) is 0 Å². The fourth-order valence-electron chi connectivity index (χ4n) is 17.0. The molecular formula is C58H92O26. The molecule has 26 heteroatoms. The van der Waals surface area contributed by atoms with Gasteiger partial charge in [0.05, 0.1) is 50.2 Å². The summed E-state index contributed by atoms with van der Waals surface area (Å²) in [6.07, 6.45) is -32.2. The fraction of sp³-hybridized carbons (Fsp3) is 0.897. The molecule has 0 aromatic carbocycles. The van der Waals surface area contributed by atoms with Crippen molar-refractivity contribution in [3.05, 3.63) is 23.3 Å². The summed E-state index contributed by atoms with van der Waals surface area (Å²) in [5.41, 5.74) is -2.72. The summed E-state index contributed by atoms with van der Waals surface area (Å²) in [5, 5.41) is 167. The number of carboxylic acid groups (broad SMARTS) is 1. The van der Waals surface area contributed by atoms with Gasteiger partial charge in [-0.25, -0.2) is 9.59 Å². The number of rotatable bonds is 15. The number of aliphatic hydroxyl groups excluding tert-OH is 14. The summed E-state index contributed by atoms with van der Waals surface area (Å²) < 4.78 is 54.5. The van der Waals surface area contributed by atoms with E-state index in [1.165, 1.54) is 0 Å². The molecule has 0 radical (unpaired) electrons. The lowest BCUT2D eigenvalue weighted by molar-refractivity contribution is -0.401. The van der Waals surface area contributed by atoms with Crippen LogP contribution in [0.4, 0.5) is 0 Å². The number of fused-ring (bicyclic) bond motifs is 7. The van der Waals surface area contributed by atoms with Crippen molar-refractivity contribution in [1.82, 2.24) is 0 Å². The van der Waals surface area contributed by atoms with Crippen LogP contribution in [0.1, 0.15) is 107 Å². The Balaban J connectivity index is 1.04. The van der Waals surface area contributed by atoms with Crippen molar-refractivity contribution in [1.29, 1.82) is 0 Å². The van der Waals surface area contributed by atoms with E-state index in [1.54, 1.807) is 19.9 Å². The molecule has 0 aromatic heterocycles. The van der Waals surface area contributed by atoms with Gasteiger partial charge in [0.2, 0.25) is 0 Å². The average molecular weight is 1210 g/mol. The van der Waals surface area contributed by atoms with Gasteiger partial charge >= 0.3 is 11.9 Å². The van der Waals surface area contributed by atoms with Gasteiger partial charge in [0.25, 0.3) is 0 Å². The number of aliphatic hydroxyl groups is 14. The molecule has 480 valence electrons. The second-order valence-corrected chi connectivity index (χ2v) is 27.4. The summed E-state index contributed by atoms with van der Waals surface area (Å²) in [5.74, 6) is -2.96. The van der Waals surface area contributed by atoms with Crippen LogP contribution in [0.15, 0.2) is 23.3 Å². The van der Waals surface area contributed by atoms with E-state index in [4.69, 9.17) is 42.6 Å². The van der Waals surface area contributed by atoms with Crippen molar-refractivity contribution in [3.63, 3.8) is 0 Å². The summed E-state index contributed by atoms with van der Waals surface area (Å²) >= 11 is 0. The Bertz CT molecular complexity index is 2410. The van der Waals surface area contributed by atoms with Gasteiger partial charge in [-0.05, 0) is 105 Å². The molecule has 4 heterocycles. The van der Waals surface area contributed by atoms with Crippen molar-refractivity contribution in [2.24, 2.45) is 50.2 Å². The number of ether oxygens (including phenoxy) is 9. The standard InChI is InChI=1S/C58H92O26/c1-9-24(2)48(75)77-23-58-26(16-53(3,4)17-32(58)63)25-10-11-31-54(5)14-13-34(55(6,22-61)30(54)12-15-56(31,7)57(25,8)18-33(58)64)80-52-46(84-50-41(71)39(69)37(67)29(20-60)79-50)43(42(72)44(82-52)47(73)74)81-51-45(35(65)27(62)21-76-51)83-49-40(70)38(68)36(66)28(19-59)78-49/h9-10,26-46,49-52,59-72H,11-23H2,1-8H3,(H,73,74)/b24-9+/t26-,27-,28?,29+,30+,31+,32-,33+,34-,35-,36?,37-,38?,39-,40?,41+,42-,43-,44-,45+,46+,49?,50-,51-,52+,54-,55-,56+,57+,58+/m0/s1. The van der Waals surface area contributed by atoms with Crippen LogP contribution in [-0.4, -0.2) is 257 Å². The Hall–Kier alpha value is -2.46. The predicted molar refractivity (Wildman–Crippen MR) is 285 cm³/mol. The van der Waals surface area contributed by atoms with E-state index in [-0.39, 0.29) is 42.6 Å². The minimum atomic E-state index is -2.28. The van der Waals surface area contributed by atoms with E-state index in [9.17, 15) is 86.2 Å². The number of carbonyl (C=O) groups is 2. The number of hydrogen-bond donors (Lipinski definition) is 15. The molecule has 0 bridgehead atoms. The highest BCUT2D eigenvalue weighted by molar-refractivity contribution is 5.87. The van der Waals surface area contributed by atoms with Gasteiger partial charge in [-0.15, -0.1) is 0 Å². The third-order valence-corrected chi connectivity index (χ3v) is 22.2. The van der Waals surface area contributed by atoms with Crippen molar-refractivity contribution < 1.29 is 129 Å². The van der Waals surface area contributed by atoms with Gasteiger partial charge in [0.1, 0.15) is 92.1 Å². The van der Waals surface area contributed by atoms with E-state index in [2.05, 4.69) is 40.7 Å². The Morgan fingerprint density at radius 3 is 1.80 bits per heavy atom. The average Bonchev–Trinajstić information content (AvgIpc) is 0.684. The molecule has 84 heavy (non-hydrogen) atoms. The minimum Gasteiger partial charge on any atom is -0.479 e. The molecule has 4 saturated heterocycles. The van der Waals surface area contributed by atoms with E-state index >= 15 is 0 Å². The zero-order chi connectivity index (χ0) is 61.7. The van der Waals surface area contributed by atoms with Crippen LogP contribution in [0.3, 0.4) is 0 Å². The van der Waals surface area contributed by atoms with E-state index in [0.717, 1.165) is 5.57 Å². The van der Waals surface area contributed by atoms with Crippen molar-refractivity contribution in [3.8, 4) is 0 Å². The lowest BCUT2D eigenvalue weighted by Crippen LogP contribution is -2.70. The lowest BCUT2D eigenvalue weighted by Gasteiger charge is -2.72. The van der Waals surface area contributed by atoms with E-state index in [1.807, 2.05) is 6.92 Å². The summed E-state index contributed by atoms with van der Waals surface area (Å²) in [4.78, 5) is 26.3. The number of carboxylic acids is 1. The van der Waals surface area contributed by atoms with Gasteiger partial charge in [-0.1, -0.05) is 59.3 Å². The van der Waals surface area contributed by atoms with Crippen LogP contribution in [-0.2, 0) is 52.2 Å². The zero-order valence-electron chi connectivity index (χ0n) is 49.0. The first-order valence-electron chi connectivity index (χ1n) is 29.6. The van der Waals surface area contributed by atoms with Crippen LogP contribution in [0.5, 0.6) is 0 Å². The first-order chi connectivity index (χ1) is 39.3. The van der Waals surface area contributed by atoms with E-state index < -0.39 is 200 Å². The summed E-state index contributed by atoms with van der Waals surface area (Å²) in [6.45, 7) is 13.1. The molecule has 0 spiro atoms. The smallest absolute Gasteiger partial charge is 0.335 e. The van der Waals surface area contributed by atoms with Crippen LogP contribution < -0.4 is 0 Å². The van der Waals surface area contributed by atoms with E-state index in [0.29, 0.717) is 44.1 Å². The molecule has 0 amide bonds. The molecule has 30 atom stereocenters. The lowest BCUT2D eigenvalue weighted by atomic mass is 9.33. The molecule has 5 aliphatic carbocycles. The summed E-state index contributed by atoms with van der Waals surface area (Å²) in [6, 6.07) is 0. The van der Waals surface area contributed by atoms with Gasteiger partial charge in [0.15, 0.2) is 31.3 Å². The predicted octanol–water partition coefficient (Wildman–Crippen LogP) is -2.40. The minimum absolute atomic E-state index is 0.0549.